The lowest BCUT2D eigenvalue weighted by molar-refractivity contribution is 0.141. The van der Waals surface area contributed by atoms with Crippen LogP contribution in [0.1, 0.15) is 31.5 Å². The quantitative estimate of drug-likeness (QED) is 0.702. The van der Waals surface area contributed by atoms with Gasteiger partial charge in [0, 0.05) is 32.2 Å². The summed E-state index contributed by atoms with van der Waals surface area (Å²) in [5, 5.41) is 6.27. The van der Waals surface area contributed by atoms with Crippen molar-refractivity contribution in [2.24, 2.45) is 0 Å². The Labute approximate surface area is 168 Å². The summed E-state index contributed by atoms with van der Waals surface area (Å²) < 4.78 is 3.30. The van der Waals surface area contributed by atoms with Crippen LogP contribution in [0.3, 0.4) is 0 Å². The molecular weight excluding hydrogens is 401 g/mol. The second-order valence-electron chi connectivity index (χ2n) is 6.58. The van der Waals surface area contributed by atoms with E-state index in [1.54, 1.807) is 0 Å². The molecule has 1 aromatic heterocycles. The second kappa shape index (κ2) is 9.15. The van der Waals surface area contributed by atoms with Crippen molar-refractivity contribution in [3.8, 4) is 0 Å². The van der Waals surface area contributed by atoms with Gasteiger partial charge in [-0.05, 0) is 32.6 Å². The predicted octanol–water partition coefficient (Wildman–Crippen LogP) is 3.67. The number of amides is 1. The molecule has 7 nitrogen and oxygen atoms in total. The van der Waals surface area contributed by atoms with Crippen molar-refractivity contribution in [3.63, 3.8) is 0 Å². The zero-order valence-corrected chi connectivity index (χ0v) is 17.3. The third-order valence-corrected chi connectivity index (χ3v) is 4.38. The smallest absolute Gasteiger partial charge is 0.407 e. The van der Waals surface area contributed by atoms with Gasteiger partial charge in [0.1, 0.15) is 24.1 Å². The van der Waals surface area contributed by atoms with Crippen molar-refractivity contribution in [2.75, 3.05) is 30.9 Å². The number of halogens is 3. The Morgan fingerprint density at radius 2 is 1.85 bits per heavy atom. The van der Waals surface area contributed by atoms with Crippen LogP contribution >= 0.6 is 34.8 Å². The van der Waals surface area contributed by atoms with E-state index in [9.17, 15) is 4.79 Å². The van der Waals surface area contributed by atoms with Crippen LogP contribution in [0.15, 0.2) is 6.07 Å². The van der Waals surface area contributed by atoms with Crippen LogP contribution in [0.25, 0.3) is 0 Å². The number of carbonyl (C=O) groups is 1. The van der Waals surface area contributed by atoms with Gasteiger partial charge in [-0.25, -0.2) is 14.8 Å². The van der Waals surface area contributed by atoms with Crippen LogP contribution < -0.4 is 15.5 Å². The number of nitrogens with zero attached hydrogens (tertiary/aromatic N) is 3. The number of aromatic nitrogens is 2. The summed E-state index contributed by atoms with van der Waals surface area (Å²) in [6.45, 7) is 1.60. The molecule has 0 unspecified atom stereocenters. The molecule has 1 heterocycles. The third-order valence-electron chi connectivity index (χ3n) is 4.05. The molecule has 1 aromatic rings. The molecule has 0 aromatic carbocycles. The second-order valence-corrected chi connectivity index (χ2v) is 9.10. The predicted molar refractivity (Wildman–Crippen MR) is 106 cm³/mol. The summed E-state index contributed by atoms with van der Waals surface area (Å²) in [5.74, 6) is 2.41. The molecule has 1 aliphatic rings. The molecule has 1 fully saturated rings. The fourth-order valence-electron chi connectivity index (χ4n) is 2.80. The van der Waals surface area contributed by atoms with Gasteiger partial charge in [-0.3, -0.25) is 0 Å². The van der Waals surface area contributed by atoms with E-state index in [1.165, 1.54) is 0 Å². The van der Waals surface area contributed by atoms with E-state index in [0.717, 1.165) is 43.1 Å². The highest BCUT2D eigenvalue weighted by molar-refractivity contribution is 6.67. The topological polar surface area (TPSA) is 79.4 Å². The molecule has 146 valence electrons. The zero-order valence-electron chi connectivity index (χ0n) is 15.1. The molecule has 0 bridgehead atoms. The molecule has 26 heavy (non-hydrogen) atoms. The molecule has 1 saturated carbocycles. The molecule has 1 aliphatic carbocycles. The molecule has 2 N–H and O–H groups in total. The number of hydrogen-bond acceptors (Lipinski definition) is 6. The Morgan fingerprint density at radius 3 is 2.42 bits per heavy atom. The minimum atomic E-state index is -1.60. The van der Waals surface area contributed by atoms with Gasteiger partial charge < -0.3 is 20.3 Å². The van der Waals surface area contributed by atoms with Gasteiger partial charge in [0.25, 0.3) is 0 Å². The monoisotopic (exact) mass is 423 g/mol. The Hall–Kier alpha value is -1.18. The van der Waals surface area contributed by atoms with Crippen LogP contribution in [0, 0.1) is 6.92 Å². The van der Waals surface area contributed by atoms with E-state index in [1.807, 2.05) is 32.0 Å². The first-order valence-corrected chi connectivity index (χ1v) is 9.55. The van der Waals surface area contributed by atoms with Crippen LogP contribution in [-0.2, 0) is 4.74 Å². The zero-order chi connectivity index (χ0) is 19.3. The number of rotatable bonds is 5. The van der Waals surface area contributed by atoms with E-state index < -0.39 is 9.89 Å². The summed E-state index contributed by atoms with van der Waals surface area (Å²) in [4.78, 5) is 22.5. The highest BCUT2D eigenvalue weighted by atomic mass is 35.6. The Morgan fingerprint density at radius 1 is 1.23 bits per heavy atom. The van der Waals surface area contributed by atoms with E-state index in [-0.39, 0.29) is 12.6 Å². The first kappa shape index (κ1) is 21.1. The van der Waals surface area contributed by atoms with Gasteiger partial charge in [0.05, 0.1) is 0 Å². The fraction of sp³-hybridized carbons (Fsp3) is 0.688. The molecule has 0 radical (unpaired) electrons. The first-order chi connectivity index (χ1) is 12.1. The first-order valence-electron chi connectivity index (χ1n) is 8.42. The van der Waals surface area contributed by atoms with E-state index in [2.05, 4.69) is 20.6 Å². The summed E-state index contributed by atoms with van der Waals surface area (Å²) in [5.41, 5.74) is 0. The van der Waals surface area contributed by atoms with Crippen molar-refractivity contribution in [1.29, 1.82) is 0 Å². The number of alkyl halides is 3. The van der Waals surface area contributed by atoms with Gasteiger partial charge >= 0.3 is 6.09 Å². The lowest BCUT2D eigenvalue weighted by Crippen LogP contribution is -2.41. The molecule has 0 aliphatic heterocycles. The number of nitrogens with one attached hydrogen (secondary N) is 2. The average molecular weight is 425 g/mol. The summed E-state index contributed by atoms with van der Waals surface area (Å²) in [7, 11) is 3.90. The van der Waals surface area contributed by atoms with E-state index in [4.69, 9.17) is 39.5 Å². The highest BCUT2D eigenvalue weighted by Crippen LogP contribution is 2.26. The molecule has 10 heteroatoms. The summed E-state index contributed by atoms with van der Waals surface area (Å²) in [6, 6.07) is 2.29. The maximum atomic E-state index is 11.7. The van der Waals surface area contributed by atoms with Crippen LogP contribution in [0.4, 0.5) is 16.4 Å². The molecule has 0 atom stereocenters. The normalized spacial score (nSPS) is 20.4. The Balaban J connectivity index is 1.79. The number of ether oxygens (including phenoxy) is 1. The van der Waals surface area contributed by atoms with Gasteiger partial charge in [-0.15, -0.1) is 0 Å². The number of hydrogen-bond donors (Lipinski definition) is 2. The van der Waals surface area contributed by atoms with E-state index in [0.29, 0.717) is 6.04 Å². The van der Waals surface area contributed by atoms with Crippen LogP contribution in [-0.4, -0.2) is 52.6 Å². The maximum absolute atomic E-state index is 11.7. The standard InChI is InChI=1S/C16H24Cl3N5O2/c1-10-20-13(8-14(21-10)24(2)3)22-11-4-6-12(7-5-11)23-15(25)26-9-16(17,18)19/h8,11-12H,4-7,9H2,1-3H3,(H,23,25)(H,20,21,22). The van der Waals surface area contributed by atoms with Crippen molar-refractivity contribution in [2.45, 2.75) is 48.5 Å². The van der Waals surface area contributed by atoms with E-state index >= 15 is 0 Å². The molecule has 2 rings (SSSR count). The van der Waals surface area contributed by atoms with Crippen molar-refractivity contribution in [3.05, 3.63) is 11.9 Å². The average Bonchev–Trinajstić information content (AvgIpc) is 2.53. The van der Waals surface area contributed by atoms with Crippen LogP contribution in [0.5, 0.6) is 0 Å². The van der Waals surface area contributed by atoms with Gasteiger partial charge in [0.2, 0.25) is 3.79 Å². The van der Waals surface area contributed by atoms with Gasteiger partial charge in [-0.1, -0.05) is 34.8 Å². The van der Waals surface area contributed by atoms with Crippen molar-refractivity contribution >= 4 is 52.5 Å². The largest absolute Gasteiger partial charge is 0.445 e. The molecule has 0 saturated heterocycles. The minimum absolute atomic E-state index is 0.0559. The third kappa shape index (κ3) is 7.21. The lowest BCUT2D eigenvalue weighted by atomic mass is 9.91. The molecule has 0 spiro atoms. The summed E-state index contributed by atoms with van der Waals surface area (Å²) in [6.07, 6.45) is 2.94. The van der Waals surface area contributed by atoms with Crippen LogP contribution in [0.2, 0.25) is 0 Å². The number of aryl methyl sites for hydroxylation is 1. The SMILES string of the molecule is Cc1nc(NC2CCC(NC(=O)OCC(Cl)(Cl)Cl)CC2)cc(N(C)C)n1. The van der Waals surface area contributed by atoms with Crippen molar-refractivity contribution in [1.82, 2.24) is 15.3 Å². The lowest BCUT2D eigenvalue weighted by Gasteiger charge is -2.30. The molecular formula is C16H24Cl3N5O2. The van der Waals surface area contributed by atoms with Crippen molar-refractivity contribution < 1.29 is 9.53 Å². The molecule has 1 amide bonds. The highest BCUT2D eigenvalue weighted by Gasteiger charge is 2.26. The fourth-order valence-corrected chi connectivity index (χ4v) is 2.97. The Bertz CT molecular complexity index is 616. The summed E-state index contributed by atoms with van der Waals surface area (Å²) >= 11 is 16.7. The van der Waals surface area contributed by atoms with Gasteiger partial charge in [-0.2, -0.15) is 0 Å². The Kier molecular flexibility index (Phi) is 7.43. The maximum Gasteiger partial charge on any atom is 0.407 e. The minimum Gasteiger partial charge on any atom is -0.445 e. The number of alkyl carbamates (subject to hydrolysis) is 1. The number of carbonyl (C=O) groups excluding carboxylic acids is 1. The number of anilines is 2. The van der Waals surface area contributed by atoms with Gasteiger partial charge in [0.15, 0.2) is 0 Å².